The summed E-state index contributed by atoms with van der Waals surface area (Å²) in [6.07, 6.45) is 7.12. The summed E-state index contributed by atoms with van der Waals surface area (Å²) < 4.78 is 0. The second kappa shape index (κ2) is 10.9. The molecule has 0 atom stereocenters. The fraction of sp³-hybridized carbons (Fsp3) is 0.316. The lowest BCUT2D eigenvalue weighted by Crippen LogP contribution is -2.14. The normalized spacial score (nSPS) is 12.0. The van der Waals surface area contributed by atoms with Crippen molar-refractivity contribution in [2.24, 2.45) is 11.5 Å². The molecule has 1 amide bonds. The molecule has 28 heavy (non-hydrogen) atoms. The molecule has 1 aromatic carbocycles. The molecule has 0 aliphatic carbocycles. The van der Waals surface area contributed by atoms with Gasteiger partial charge in [0.1, 0.15) is 10.8 Å². The fourth-order valence-electron chi connectivity index (χ4n) is 2.39. The van der Waals surface area contributed by atoms with Gasteiger partial charge in [0.15, 0.2) is 0 Å². The van der Waals surface area contributed by atoms with Crippen LogP contribution >= 0.6 is 11.3 Å². The molecule has 0 radical (unpaired) electrons. The van der Waals surface area contributed by atoms with Crippen molar-refractivity contribution in [2.75, 3.05) is 12.4 Å². The number of nitrogens with two attached hydrogens (primary N) is 2. The van der Waals surface area contributed by atoms with Gasteiger partial charge in [-0.2, -0.15) is 0 Å². The lowest BCUT2D eigenvalue weighted by molar-refractivity contribution is -0.115. The average Bonchev–Trinajstić information content (AvgIpc) is 3.10. The van der Waals surface area contributed by atoms with Crippen LogP contribution in [-0.2, 0) is 17.6 Å². The van der Waals surface area contributed by atoms with Crippen LogP contribution in [0.4, 0.5) is 5.13 Å². The minimum absolute atomic E-state index is 0.139. The molecular formula is C19H26N6O2S. The molecule has 2 aromatic rings. The Morgan fingerprint density at radius 2 is 2.07 bits per heavy atom. The largest absolute Gasteiger partial charge is 0.508 e. The van der Waals surface area contributed by atoms with Gasteiger partial charge in [-0.25, -0.2) is 0 Å². The molecule has 9 heteroatoms. The van der Waals surface area contributed by atoms with Crippen LogP contribution < -0.4 is 22.1 Å². The number of carbonyl (C=O) groups excluding carboxylic acids is 1. The third-order valence-corrected chi connectivity index (χ3v) is 4.76. The number of aromatic hydroxyl groups is 1. The third kappa shape index (κ3) is 7.67. The third-order valence-electron chi connectivity index (χ3n) is 3.86. The van der Waals surface area contributed by atoms with Crippen LogP contribution in [0.2, 0.25) is 0 Å². The van der Waals surface area contributed by atoms with E-state index in [-0.39, 0.29) is 18.1 Å². The van der Waals surface area contributed by atoms with E-state index in [1.807, 2.05) is 0 Å². The number of aromatic nitrogens is 2. The monoisotopic (exact) mass is 402 g/mol. The molecule has 0 saturated carbocycles. The van der Waals surface area contributed by atoms with Gasteiger partial charge >= 0.3 is 0 Å². The second-order valence-electron chi connectivity index (χ2n) is 6.22. The summed E-state index contributed by atoms with van der Waals surface area (Å²) in [5.41, 5.74) is 13.1. The average molecular weight is 403 g/mol. The van der Waals surface area contributed by atoms with Crippen molar-refractivity contribution >= 4 is 22.4 Å². The summed E-state index contributed by atoms with van der Waals surface area (Å²) in [4.78, 5) is 12.1. The number of unbranched alkanes of at least 4 members (excludes halogenated alkanes) is 1. The molecule has 1 aromatic heterocycles. The van der Waals surface area contributed by atoms with Gasteiger partial charge in [0.25, 0.3) is 0 Å². The lowest BCUT2D eigenvalue weighted by atomic mass is 10.1. The number of nitrogens with zero attached hydrogens (tertiary/aromatic N) is 2. The second-order valence-corrected chi connectivity index (χ2v) is 7.28. The first-order chi connectivity index (χ1) is 13.5. The van der Waals surface area contributed by atoms with E-state index >= 15 is 0 Å². The van der Waals surface area contributed by atoms with Crippen molar-refractivity contribution in [3.8, 4) is 5.75 Å². The first-order valence-electron chi connectivity index (χ1n) is 8.96. The standard InChI is InChI=1S/C19H26N6O2S/c1-22-16(21)10-9-14(20)6-2-3-8-18-24-25-19(28-18)23-17(27)12-13-5-4-7-15(26)11-13/h4-5,7,9-11,22,26H,2-3,6,8,12,20-21H2,1H3,(H,23,25,27)/b14-9-,16-10+. The predicted octanol–water partition coefficient (Wildman–Crippen LogP) is 2.00. The molecule has 0 saturated heterocycles. The summed E-state index contributed by atoms with van der Waals surface area (Å²) in [6.45, 7) is 0. The molecule has 0 bridgehead atoms. The van der Waals surface area contributed by atoms with Gasteiger partial charge in [-0.3, -0.25) is 4.79 Å². The molecule has 0 spiro atoms. The molecule has 1 heterocycles. The fourth-order valence-corrected chi connectivity index (χ4v) is 3.19. The maximum atomic E-state index is 12.1. The first-order valence-corrected chi connectivity index (χ1v) is 9.77. The molecule has 0 aliphatic rings. The number of carbonyl (C=O) groups is 1. The van der Waals surface area contributed by atoms with Crippen molar-refractivity contribution in [1.82, 2.24) is 15.5 Å². The van der Waals surface area contributed by atoms with Gasteiger partial charge in [0.05, 0.1) is 12.2 Å². The maximum Gasteiger partial charge on any atom is 0.230 e. The number of phenols is 1. The van der Waals surface area contributed by atoms with Crippen molar-refractivity contribution in [2.45, 2.75) is 32.1 Å². The van der Waals surface area contributed by atoms with Crippen molar-refractivity contribution in [3.63, 3.8) is 0 Å². The van der Waals surface area contributed by atoms with E-state index in [1.165, 1.54) is 11.3 Å². The quantitative estimate of drug-likeness (QED) is 0.302. The SMILES string of the molecule is CN/C(N)=C/C=C(\N)CCCCc1nnc(NC(=O)Cc2cccc(O)c2)s1. The Labute approximate surface area is 168 Å². The Balaban J connectivity index is 1.72. The number of phenolic OH excluding ortho intramolecular Hbond substituents is 1. The summed E-state index contributed by atoms with van der Waals surface area (Å²) in [7, 11) is 1.75. The number of hydrogen-bond donors (Lipinski definition) is 5. The van der Waals surface area contributed by atoms with E-state index in [1.54, 1.807) is 43.5 Å². The summed E-state index contributed by atoms with van der Waals surface area (Å²) in [6, 6.07) is 6.62. The van der Waals surface area contributed by atoms with Crippen LogP contribution in [-0.4, -0.2) is 28.3 Å². The highest BCUT2D eigenvalue weighted by molar-refractivity contribution is 7.15. The number of aryl methyl sites for hydroxylation is 1. The number of nitrogens with one attached hydrogen (secondary N) is 2. The number of hydrogen-bond acceptors (Lipinski definition) is 8. The van der Waals surface area contributed by atoms with Gasteiger partial charge in [-0.15, -0.1) is 10.2 Å². The highest BCUT2D eigenvalue weighted by atomic mass is 32.1. The highest BCUT2D eigenvalue weighted by Crippen LogP contribution is 2.19. The van der Waals surface area contributed by atoms with Crippen LogP contribution in [0.15, 0.2) is 47.9 Å². The molecule has 2 rings (SSSR count). The van der Waals surface area contributed by atoms with Gasteiger partial charge in [0, 0.05) is 19.2 Å². The Hall–Kier alpha value is -3.07. The Morgan fingerprint density at radius 3 is 2.82 bits per heavy atom. The van der Waals surface area contributed by atoms with Gasteiger partial charge in [-0.05, 0) is 49.1 Å². The zero-order valence-corrected chi connectivity index (χ0v) is 16.6. The van der Waals surface area contributed by atoms with Crippen LogP contribution in [0.3, 0.4) is 0 Å². The van der Waals surface area contributed by atoms with Crippen molar-refractivity contribution in [1.29, 1.82) is 0 Å². The Kier molecular flexibility index (Phi) is 8.29. The highest BCUT2D eigenvalue weighted by Gasteiger charge is 2.09. The van der Waals surface area contributed by atoms with Crippen LogP contribution in [0.25, 0.3) is 0 Å². The molecule has 0 unspecified atom stereocenters. The molecule has 8 nitrogen and oxygen atoms in total. The van der Waals surface area contributed by atoms with Crippen molar-refractivity contribution < 1.29 is 9.90 Å². The Morgan fingerprint density at radius 1 is 1.25 bits per heavy atom. The minimum Gasteiger partial charge on any atom is -0.508 e. The number of amides is 1. The lowest BCUT2D eigenvalue weighted by Gasteiger charge is -2.02. The molecule has 7 N–H and O–H groups in total. The summed E-state index contributed by atoms with van der Waals surface area (Å²) in [5.74, 6) is 0.510. The molecule has 150 valence electrons. The zero-order chi connectivity index (χ0) is 20.4. The van der Waals surface area contributed by atoms with Crippen LogP contribution in [0.5, 0.6) is 5.75 Å². The smallest absolute Gasteiger partial charge is 0.230 e. The first kappa shape index (κ1) is 21.2. The van der Waals surface area contributed by atoms with E-state index in [4.69, 9.17) is 11.5 Å². The molecule has 0 aliphatic heterocycles. The Bertz CT molecular complexity index is 846. The summed E-state index contributed by atoms with van der Waals surface area (Å²) in [5, 5.41) is 24.5. The number of benzene rings is 1. The van der Waals surface area contributed by atoms with Gasteiger partial charge in [-0.1, -0.05) is 23.5 Å². The topological polar surface area (TPSA) is 139 Å². The van der Waals surface area contributed by atoms with Gasteiger partial charge in [0.2, 0.25) is 11.0 Å². The van der Waals surface area contributed by atoms with E-state index in [9.17, 15) is 9.90 Å². The minimum atomic E-state index is -0.194. The number of rotatable bonds is 10. The van der Waals surface area contributed by atoms with E-state index in [2.05, 4.69) is 20.8 Å². The van der Waals surface area contributed by atoms with Crippen molar-refractivity contribution in [3.05, 3.63) is 58.5 Å². The van der Waals surface area contributed by atoms with E-state index in [0.717, 1.165) is 42.0 Å². The van der Waals surface area contributed by atoms with Gasteiger partial charge < -0.3 is 27.2 Å². The number of anilines is 1. The molecule has 0 fully saturated rings. The van der Waals surface area contributed by atoms with E-state index in [0.29, 0.717) is 11.0 Å². The predicted molar refractivity (Wildman–Crippen MR) is 112 cm³/mol. The molecular weight excluding hydrogens is 376 g/mol. The van der Waals surface area contributed by atoms with Crippen LogP contribution in [0.1, 0.15) is 29.8 Å². The zero-order valence-electron chi connectivity index (χ0n) is 15.8. The number of allylic oxidation sites excluding steroid dienone is 3. The van der Waals surface area contributed by atoms with Crippen LogP contribution in [0, 0.1) is 0 Å². The summed E-state index contributed by atoms with van der Waals surface area (Å²) >= 11 is 1.37. The maximum absolute atomic E-state index is 12.1. The van der Waals surface area contributed by atoms with E-state index < -0.39 is 0 Å².